The van der Waals surface area contributed by atoms with Crippen LogP contribution in [0.15, 0.2) is 48.5 Å². The molecule has 7 nitrogen and oxygen atoms in total. The first-order valence-electron chi connectivity index (χ1n) is 9.36. The van der Waals surface area contributed by atoms with E-state index in [1.165, 1.54) is 5.56 Å². The van der Waals surface area contributed by atoms with Crippen LogP contribution >= 0.6 is 0 Å². The van der Waals surface area contributed by atoms with Gasteiger partial charge in [-0.05, 0) is 48.4 Å². The van der Waals surface area contributed by atoms with Gasteiger partial charge in [-0.2, -0.15) is 5.26 Å². The summed E-state index contributed by atoms with van der Waals surface area (Å²) in [6.07, 6.45) is 0.972. The molecule has 0 aromatic heterocycles. The topological polar surface area (TPSA) is 99.5 Å². The zero-order valence-corrected chi connectivity index (χ0v) is 16.1. The summed E-state index contributed by atoms with van der Waals surface area (Å²) in [7, 11) is 0. The highest BCUT2D eigenvalue weighted by Gasteiger charge is 2.36. The maximum atomic E-state index is 12.3. The molecular weight excluding hydrogens is 370 g/mol. The van der Waals surface area contributed by atoms with Crippen molar-refractivity contribution in [3.63, 3.8) is 0 Å². The molecule has 0 radical (unpaired) electrons. The number of hydrogen-bond donors (Lipinski definition) is 1. The molecule has 0 saturated carbocycles. The van der Waals surface area contributed by atoms with Crippen molar-refractivity contribution in [3.05, 3.63) is 59.7 Å². The molecule has 7 heteroatoms. The Morgan fingerprint density at radius 2 is 1.86 bits per heavy atom. The maximum absolute atomic E-state index is 12.3. The Labute approximate surface area is 168 Å². The fraction of sp³-hybridized carbons (Fsp3) is 0.273. The number of ether oxygens (including phenoxy) is 1. The minimum absolute atomic E-state index is 0.0611. The van der Waals surface area contributed by atoms with E-state index in [2.05, 4.69) is 12.2 Å². The van der Waals surface area contributed by atoms with E-state index >= 15 is 0 Å². The summed E-state index contributed by atoms with van der Waals surface area (Å²) in [5.74, 6) is -1.80. The molecule has 0 bridgehead atoms. The predicted octanol–water partition coefficient (Wildman–Crippen LogP) is 2.66. The number of aryl methyl sites for hydroxylation is 1. The number of anilines is 2. The lowest BCUT2D eigenvalue weighted by Gasteiger charge is -2.17. The summed E-state index contributed by atoms with van der Waals surface area (Å²) in [4.78, 5) is 38.1. The molecule has 1 aliphatic heterocycles. The molecule has 2 aromatic rings. The Bertz CT molecular complexity index is 946. The Hall–Kier alpha value is -3.66. The lowest BCUT2D eigenvalue weighted by Crippen LogP contribution is -2.28. The van der Waals surface area contributed by atoms with Crippen LogP contribution in [0.2, 0.25) is 0 Å². The number of nitriles is 1. The van der Waals surface area contributed by atoms with Crippen molar-refractivity contribution in [2.45, 2.75) is 19.8 Å². The van der Waals surface area contributed by atoms with Crippen molar-refractivity contribution >= 4 is 29.2 Å². The van der Waals surface area contributed by atoms with Gasteiger partial charge >= 0.3 is 5.97 Å². The number of hydrogen-bond acceptors (Lipinski definition) is 5. The molecule has 148 valence electrons. The fourth-order valence-electron chi connectivity index (χ4n) is 3.11. The van der Waals surface area contributed by atoms with E-state index in [0.29, 0.717) is 11.3 Å². The highest BCUT2D eigenvalue weighted by atomic mass is 16.5. The van der Waals surface area contributed by atoms with Gasteiger partial charge in [-0.15, -0.1) is 0 Å². The molecule has 0 aliphatic carbocycles. The minimum Gasteiger partial charge on any atom is -0.455 e. The van der Waals surface area contributed by atoms with Crippen molar-refractivity contribution in [2.75, 3.05) is 23.4 Å². The number of rotatable bonds is 6. The van der Waals surface area contributed by atoms with Gasteiger partial charge in [0.15, 0.2) is 6.61 Å². The summed E-state index contributed by atoms with van der Waals surface area (Å²) in [5, 5.41) is 11.4. The van der Waals surface area contributed by atoms with Gasteiger partial charge in [-0.3, -0.25) is 14.4 Å². The molecule has 1 aliphatic rings. The van der Waals surface area contributed by atoms with Gasteiger partial charge in [0.25, 0.3) is 5.91 Å². The molecule has 1 N–H and O–H groups in total. The first-order chi connectivity index (χ1) is 14.0. The number of benzene rings is 2. The molecule has 29 heavy (non-hydrogen) atoms. The quantitative estimate of drug-likeness (QED) is 0.763. The summed E-state index contributed by atoms with van der Waals surface area (Å²) in [6.45, 7) is 1.86. The summed E-state index contributed by atoms with van der Waals surface area (Å²) < 4.78 is 5.09. The van der Waals surface area contributed by atoms with Gasteiger partial charge in [0.1, 0.15) is 0 Å². The molecule has 2 amide bonds. The molecule has 0 spiro atoms. The molecule has 1 fully saturated rings. The van der Waals surface area contributed by atoms with Crippen molar-refractivity contribution < 1.29 is 19.1 Å². The number of esters is 1. The number of nitrogens with zero attached hydrogens (tertiary/aromatic N) is 2. The average Bonchev–Trinajstić information content (AvgIpc) is 3.14. The molecule has 3 rings (SSSR count). The maximum Gasteiger partial charge on any atom is 0.311 e. The van der Waals surface area contributed by atoms with E-state index in [4.69, 9.17) is 10.00 Å². The van der Waals surface area contributed by atoms with Gasteiger partial charge in [0, 0.05) is 24.3 Å². The first kappa shape index (κ1) is 20.1. The third-order valence-electron chi connectivity index (χ3n) is 4.76. The summed E-state index contributed by atoms with van der Waals surface area (Å²) in [5.41, 5.74) is 2.91. The van der Waals surface area contributed by atoms with Crippen LogP contribution in [0.3, 0.4) is 0 Å². The highest BCUT2D eigenvalue weighted by Crippen LogP contribution is 2.26. The normalized spacial score (nSPS) is 15.7. The first-order valence-corrected chi connectivity index (χ1v) is 9.36. The Morgan fingerprint density at radius 3 is 2.48 bits per heavy atom. The van der Waals surface area contributed by atoms with Crippen LogP contribution in [0.1, 0.15) is 24.5 Å². The second-order valence-corrected chi connectivity index (χ2v) is 6.77. The molecule has 2 aromatic carbocycles. The second kappa shape index (κ2) is 9.02. The third-order valence-corrected chi connectivity index (χ3v) is 4.76. The van der Waals surface area contributed by atoms with Gasteiger partial charge < -0.3 is 15.0 Å². The smallest absolute Gasteiger partial charge is 0.311 e. The van der Waals surface area contributed by atoms with Crippen LogP contribution in [-0.2, 0) is 25.5 Å². The van der Waals surface area contributed by atoms with Crippen LogP contribution in [0, 0.1) is 17.2 Å². The van der Waals surface area contributed by atoms with Gasteiger partial charge in [-0.1, -0.05) is 19.1 Å². The molecule has 1 heterocycles. The number of carbonyl (C=O) groups excluding carboxylic acids is 3. The lowest BCUT2D eigenvalue weighted by atomic mass is 10.1. The largest absolute Gasteiger partial charge is 0.455 e. The minimum atomic E-state index is -0.601. The highest BCUT2D eigenvalue weighted by molar-refractivity contribution is 6.00. The average molecular weight is 391 g/mol. The Kier molecular flexibility index (Phi) is 6.25. The van der Waals surface area contributed by atoms with E-state index in [1.54, 1.807) is 29.2 Å². The van der Waals surface area contributed by atoms with Gasteiger partial charge in [0.2, 0.25) is 5.91 Å². The fourth-order valence-corrected chi connectivity index (χ4v) is 3.11. The number of nitrogens with one attached hydrogen (secondary N) is 1. The van der Waals surface area contributed by atoms with Gasteiger partial charge in [-0.25, -0.2) is 0 Å². The van der Waals surface area contributed by atoms with Crippen LogP contribution in [0.25, 0.3) is 0 Å². The van der Waals surface area contributed by atoms with Crippen LogP contribution in [-0.4, -0.2) is 30.9 Å². The van der Waals surface area contributed by atoms with E-state index in [0.717, 1.165) is 12.1 Å². The van der Waals surface area contributed by atoms with E-state index < -0.39 is 24.4 Å². The van der Waals surface area contributed by atoms with E-state index in [9.17, 15) is 14.4 Å². The molecular formula is C22H21N3O4. The number of carbonyl (C=O) groups is 3. The Morgan fingerprint density at radius 1 is 1.17 bits per heavy atom. The van der Waals surface area contributed by atoms with Crippen LogP contribution in [0.4, 0.5) is 11.4 Å². The van der Waals surface area contributed by atoms with Crippen molar-refractivity contribution in [3.8, 4) is 6.07 Å². The van der Waals surface area contributed by atoms with Crippen molar-refractivity contribution in [1.82, 2.24) is 0 Å². The van der Waals surface area contributed by atoms with Crippen molar-refractivity contribution in [2.24, 2.45) is 5.92 Å². The lowest BCUT2D eigenvalue weighted by molar-refractivity contribution is -0.151. The van der Waals surface area contributed by atoms with Gasteiger partial charge in [0.05, 0.1) is 17.6 Å². The zero-order valence-electron chi connectivity index (χ0n) is 16.1. The van der Waals surface area contributed by atoms with Crippen molar-refractivity contribution in [1.29, 1.82) is 5.26 Å². The predicted molar refractivity (Wildman–Crippen MR) is 107 cm³/mol. The second-order valence-electron chi connectivity index (χ2n) is 6.77. The zero-order chi connectivity index (χ0) is 20.8. The third kappa shape index (κ3) is 4.99. The molecule has 1 saturated heterocycles. The van der Waals surface area contributed by atoms with E-state index in [-0.39, 0.29) is 18.9 Å². The van der Waals surface area contributed by atoms with Crippen LogP contribution < -0.4 is 10.2 Å². The number of amides is 2. The van der Waals surface area contributed by atoms with Crippen LogP contribution in [0.5, 0.6) is 0 Å². The Balaban J connectivity index is 1.50. The SMILES string of the molecule is CCc1ccc(N2C[C@@H](C(=O)OCC(=O)Nc3ccc(C#N)cc3)CC2=O)cc1. The molecule has 1 atom stereocenters. The standard InChI is InChI=1S/C22H21N3O4/c1-2-15-5-9-19(10-6-15)25-13-17(11-21(25)27)22(28)29-14-20(26)24-18-7-3-16(12-23)4-8-18/h3-10,17H,2,11,13-14H2,1H3,(H,24,26)/t17-/m0/s1. The monoisotopic (exact) mass is 391 g/mol. The summed E-state index contributed by atoms with van der Waals surface area (Å²) >= 11 is 0. The van der Waals surface area contributed by atoms with E-state index in [1.807, 2.05) is 30.3 Å². The molecule has 0 unspecified atom stereocenters. The summed E-state index contributed by atoms with van der Waals surface area (Å²) in [6, 6.07) is 16.0.